The molecule has 0 unspecified atom stereocenters. The minimum absolute atomic E-state index is 0.00866. The predicted octanol–water partition coefficient (Wildman–Crippen LogP) is -0.137. The van der Waals surface area contributed by atoms with Crippen LogP contribution in [-0.2, 0) is 9.53 Å². The fourth-order valence-corrected chi connectivity index (χ4v) is 1.78. The summed E-state index contributed by atoms with van der Waals surface area (Å²) in [5, 5.41) is 0. The lowest BCUT2D eigenvalue weighted by Gasteiger charge is -2.24. The maximum absolute atomic E-state index is 11.0. The number of piperidine rings is 1. The van der Waals surface area contributed by atoms with E-state index < -0.39 is 0 Å². The van der Waals surface area contributed by atoms with Gasteiger partial charge in [0.1, 0.15) is 6.10 Å². The summed E-state index contributed by atoms with van der Waals surface area (Å²) in [5.41, 5.74) is 0. The van der Waals surface area contributed by atoms with E-state index in [0.29, 0.717) is 0 Å². The van der Waals surface area contributed by atoms with Gasteiger partial charge in [-0.05, 0) is 7.05 Å². The minimum Gasteiger partial charge on any atom is -0.461 e. The summed E-state index contributed by atoms with van der Waals surface area (Å²) < 4.78 is 5.08. The topological polar surface area (TPSA) is 29.5 Å². The van der Waals surface area contributed by atoms with E-state index in [2.05, 4.69) is 4.90 Å². The van der Waals surface area contributed by atoms with Gasteiger partial charge in [-0.2, -0.15) is 0 Å². The molecule has 56 valence electrons. The number of fused-ring (bicyclic) bond motifs is 2. The molecule has 0 amide bonds. The van der Waals surface area contributed by atoms with E-state index in [0.717, 1.165) is 19.5 Å². The number of ether oxygens (including phenoxy) is 1. The maximum Gasteiger partial charge on any atom is 0.310 e. The number of likely N-dealkylation sites (N-methyl/N-ethyl adjacent to an activating group) is 1. The third kappa shape index (κ3) is 0.814. The Morgan fingerprint density at radius 1 is 1.60 bits per heavy atom. The third-order valence-corrected chi connectivity index (χ3v) is 2.21. The Kier molecular flexibility index (Phi) is 1.20. The smallest absolute Gasteiger partial charge is 0.310 e. The van der Waals surface area contributed by atoms with E-state index in [-0.39, 0.29) is 18.0 Å². The molecule has 10 heavy (non-hydrogen) atoms. The molecule has 2 atom stereocenters. The van der Waals surface area contributed by atoms with Crippen LogP contribution in [0.1, 0.15) is 6.42 Å². The van der Waals surface area contributed by atoms with E-state index in [1.165, 1.54) is 0 Å². The fraction of sp³-hybridized carbons (Fsp3) is 0.857. The van der Waals surface area contributed by atoms with Gasteiger partial charge in [0.25, 0.3) is 0 Å². The van der Waals surface area contributed by atoms with Gasteiger partial charge in [0.15, 0.2) is 0 Å². The molecule has 2 saturated heterocycles. The number of hydrogen-bond donors (Lipinski definition) is 0. The van der Waals surface area contributed by atoms with Gasteiger partial charge in [0.05, 0.1) is 5.92 Å². The molecule has 2 rings (SSSR count). The summed E-state index contributed by atoms with van der Waals surface area (Å²) in [6.45, 7) is 1.80. The minimum atomic E-state index is 0.00866. The van der Waals surface area contributed by atoms with Crippen LogP contribution in [0.5, 0.6) is 0 Å². The van der Waals surface area contributed by atoms with Crippen molar-refractivity contribution in [1.29, 1.82) is 0 Å². The Morgan fingerprint density at radius 3 is 3.10 bits per heavy atom. The number of hydrogen-bond acceptors (Lipinski definition) is 3. The highest BCUT2D eigenvalue weighted by atomic mass is 16.6. The molecule has 0 aliphatic carbocycles. The zero-order valence-corrected chi connectivity index (χ0v) is 6.04. The van der Waals surface area contributed by atoms with Crippen molar-refractivity contribution in [3.8, 4) is 0 Å². The van der Waals surface area contributed by atoms with E-state index in [1.54, 1.807) is 0 Å². The number of carbonyl (C=O) groups is 1. The van der Waals surface area contributed by atoms with E-state index in [4.69, 9.17) is 4.74 Å². The highest BCUT2D eigenvalue weighted by Gasteiger charge is 2.39. The number of rotatable bonds is 0. The Balaban J connectivity index is 2.13. The molecule has 2 bridgehead atoms. The van der Waals surface area contributed by atoms with Crippen LogP contribution in [0.4, 0.5) is 0 Å². The summed E-state index contributed by atoms with van der Waals surface area (Å²) in [4.78, 5) is 13.1. The van der Waals surface area contributed by atoms with Gasteiger partial charge in [-0.1, -0.05) is 0 Å². The van der Waals surface area contributed by atoms with Crippen LogP contribution < -0.4 is 0 Å². The van der Waals surface area contributed by atoms with E-state index in [1.807, 2.05) is 7.05 Å². The molecular formula is C7H11NO2. The summed E-state index contributed by atoms with van der Waals surface area (Å²) in [6, 6.07) is 0. The average molecular weight is 141 g/mol. The van der Waals surface area contributed by atoms with Crippen LogP contribution >= 0.6 is 0 Å². The van der Waals surface area contributed by atoms with Gasteiger partial charge in [-0.15, -0.1) is 0 Å². The van der Waals surface area contributed by atoms with Gasteiger partial charge in [0, 0.05) is 19.5 Å². The molecule has 2 aliphatic heterocycles. The highest BCUT2D eigenvalue weighted by Crippen LogP contribution is 2.26. The second kappa shape index (κ2) is 1.95. The van der Waals surface area contributed by atoms with Gasteiger partial charge in [0.2, 0.25) is 0 Å². The Morgan fingerprint density at radius 2 is 2.40 bits per heavy atom. The Labute approximate surface area is 60.0 Å². The fourth-order valence-electron chi connectivity index (χ4n) is 1.78. The molecule has 0 radical (unpaired) electrons. The average Bonchev–Trinajstić information content (AvgIpc) is 2.07. The summed E-state index contributed by atoms with van der Waals surface area (Å²) in [7, 11) is 2.03. The zero-order chi connectivity index (χ0) is 7.14. The molecular weight excluding hydrogens is 130 g/mol. The molecule has 3 heteroatoms. The van der Waals surface area contributed by atoms with Gasteiger partial charge >= 0.3 is 5.97 Å². The highest BCUT2D eigenvalue weighted by molar-refractivity contribution is 5.75. The van der Waals surface area contributed by atoms with Crippen molar-refractivity contribution < 1.29 is 9.53 Å². The number of esters is 1. The lowest BCUT2D eigenvalue weighted by Crippen LogP contribution is -2.36. The van der Waals surface area contributed by atoms with Crippen LogP contribution in [0.2, 0.25) is 0 Å². The molecule has 0 aromatic carbocycles. The van der Waals surface area contributed by atoms with Crippen molar-refractivity contribution in [1.82, 2.24) is 4.90 Å². The molecule has 0 aromatic rings. The quantitative estimate of drug-likeness (QED) is 0.440. The van der Waals surface area contributed by atoms with Crippen LogP contribution in [0.3, 0.4) is 0 Å². The molecule has 0 spiro atoms. The van der Waals surface area contributed by atoms with Crippen molar-refractivity contribution in [2.24, 2.45) is 5.92 Å². The largest absolute Gasteiger partial charge is 0.461 e. The maximum atomic E-state index is 11.0. The molecule has 2 aliphatic rings. The molecule has 2 heterocycles. The molecule has 3 nitrogen and oxygen atoms in total. The number of nitrogens with zero attached hydrogens (tertiary/aromatic N) is 1. The van der Waals surface area contributed by atoms with Crippen molar-refractivity contribution in [2.75, 3.05) is 20.1 Å². The number of likely N-dealkylation sites (tertiary alicyclic amines) is 1. The lowest BCUT2D eigenvalue weighted by molar-refractivity contribution is -0.142. The standard InChI is InChI=1S/C7H11NO2/c1-8-3-5-2-6(4-8)10-7(5)9/h5-6H,2-4H2,1H3/t5-,6+/m0/s1. The molecule has 0 N–H and O–H groups in total. The second-order valence-corrected chi connectivity index (χ2v) is 3.21. The zero-order valence-electron chi connectivity index (χ0n) is 6.04. The molecule has 0 saturated carbocycles. The Hall–Kier alpha value is -0.570. The van der Waals surface area contributed by atoms with Crippen molar-refractivity contribution in [2.45, 2.75) is 12.5 Å². The van der Waals surface area contributed by atoms with E-state index >= 15 is 0 Å². The number of carbonyl (C=O) groups excluding carboxylic acids is 1. The SMILES string of the molecule is CN1C[C@H]2C[C@@H](C1)C(=O)O2. The Bertz CT molecular complexity index is 169. The van der Waals surface area contributed by atoms with Crippen LogP contribution in [0, 0.1) is 5.92 Å². The first-order valence-electron chi connectivity index (χ1n) is 3.65. The summed E-state index contributed by atoms with van der Waals surface area (Å²) >= 11 is 0. The van der Waals surface area contributed by atoms with Gasteiger partial charge < -0.3 is 9.64 Å². The molecule has 0 aromatic heterocycles. The first kappa shape index (κ1) is 6.16. The predicted molar refractivity (Wildman–Crippen MR) is 35.5 cm³/mol. The van der Waals surface area contributed by atoms with E-state index in [9.17, 15) is 4.79 Å². The van der Waals surface area contributed by atoms with Crippen molar-refractivity contribution in [3.05, 3.63) is 0 Å². The van der Waals surface area contributed by atoms with Crippen LogP contribution in [0.15, 0.2) is 0 Å². The lowest BCUT2D eigenvalue weighted by atomic mass is 10.0. The first-order chi connectivity index (χ1) is 4.75. The normalized spacial score (nSPS) is 39.9. The van der Waals surface area contributed by atoms with Crippen LogP contribution in [0.25, 0.3) is 0 Å². The molecule has 2 fully saturated rings. The third-order valence-electron chi connectivity index (χ3n) is 2.21. The van der Waals surface area contributed by atoms with Crippen molar-refractivity contribution in [3.63, 3.8) is 0 Å². The van der Waals surface area contributed by atoms with Crippen LogP contribution in [-0.4, -0.2) is 37.1 Å². The monoisotopic (exact) mass is 141 g/mol. The summed E-state index contributed by atoms with van der Waals surface area (Å²) in [6.07, 6.45) is 1.14. The first-order valence-corrected chi connectivity index (χ1v) is 3.65. The van der Waals surface area contributed by atoms with Gasteiger partial charge in [-0.3, -0.25) is 4.79 Å². The van der Waals surface area contributed by atoms with Crippen molar-refractivity contribution >= 4 is 5.97 Å². The second-order valence-electron chi connectivity index (χ2n) is 3.21. The summed E-state index contributed by atoms with van der Waals surface area (Å²) in [5.74, 6) is 0.179. The van der Waals surface area contributed by atoms with Gasteiger partial charge in [-0.25, -0.2) is 0 Å².